The van der Waals surface area contributed by atoms with E-state index >= 15 is 0 Å². The van der Waals surface area contributed by atoms with Crippen LogP contribution in [-0.4, -0.2) is 23.5 Å². The van der Waals surface area contributed by atoms with Gasteiger partial charge in [-0.05, 0) is 17.7 Å². The Morgan fingerprint density at radius 1 is 1.27 bits per heavy atom. The molecule has 1 aromatic rings. The monoisotopic (exact) mass is 220 g/mol. The zero-order valence-corrected chi connectivity index (χ0v) is 7.53. The topological polar surface area (TPSA) is 49.7 Å². The molecule has 0 aromatic heterocycles. The minimum atomic E-state index is -4.74. The fourth-order valence-electron chi connectivity index (χ4n) is 1.08. The lowest BCUT2D eigenvalue weighted by atomic mass is 9.82. The van der Waals surface area contributed by atoms with Gasteiger partial charge in [0.1, 0.15) is 5.75 Å². The molecule has 0 aliphatic carbocycles. The number of alkyl halides is 3. The fraction of sp³-hybridized carbons (Fsp3) is 0.250. The molecule has 0 atom stereocenters. The molecule has 0 saturated carbocycles. The van der Waals surface area contributed by atoms with Crippen LogP contribution in [0.5, 0.6) is 5.75 Å². The first-order valence-corrected chi connectivity index (χ1v) is 4.07. The Morgan fingerprint density at radius 2 is 1.93 bits per heavy atom. The van der Waals surface area contributed by atoms with Crippen LogP contribution < -0.4 is 4.74 Å². The summed E-state index contributed by atoms with van der Waals surface area (Å²) in [6.45, 7) is 0. The summed E-state index contributed by atoms with van der Waals surface area (Å²) in [6, 6.07) is 5.06. The van der Waals surface area contributed by atoms with E-state index in [2.05, 4.69) is 4.74 Å². The molecule has 15 heavy (non-hydrogen) atoms. The smallest absolute Gasteiger partial charge is 0.427 e. The van der Waals surface area contributed by atoms with Crippen molar-refractivity contribution in [1.29, 1.82) is 0 Å². The average molecular weight is 220 g/mol. The van der Waals surface area contributed by atoms with Gasteiger partial charge in [-0.1, -0.05) is 12.1 Å². The first kappa shape index (κ1) is 11.9. The molecular formula is C8H8BF3O3. The van der Waals surface area contributed by atoms with Crippen molar-refractivity contribution < 1.29 is 28.0 Å². The molecule has 0 fully saturated rings. The van der Waals surface area contributed by atoms with Gasteiger partial charge in [-0.15, -0.1) is 13.2 Å². The molecule has 1 rings (SSSR count). The number of benzene rings is 1. The second-order valence-corrected chi connectivity index (χ2v) is 2.88. The van der Waals surface area contributed by atoms with Crippen molar-refractivity contribution in [2.45, 2.75) is 12.7 Å². The average Bonchev–Trinajstić information content (AvgIpc) is 1.99. The Hall–Kier alpha value is -1.21. The maximum absolute atomic E-state index is 11.8. The third-order valence-corrected chi connectivity index (χ3v) is 1.55. The summed E-state index contributed by atoms with van der Waals surface area (Å²) in [6.07, 6.45) is -4.88. The second kappa shape index (κ2) is 4.54. The van der Waals surface area contributed by atoms with Gasteiger partial charge in [0.25, 0.3) is 0 Å². The molecule has 0 aliphatic rings. The summed E-state index contributed by atoms with van der Waals surface area (Å²) in [5, 5.41) is 17.2. The quantitative estimate of drug-likeness (QED) is 0.750. The van der Waals surface area contributed by atoms with Gasteiger partial charge >= 0.3 is 13.5 Å². The number of hydrogen-bond donors (Lipinski definition) is 2. The molecule has 2 N–H and O–H groups in total. The van der Waals surface area contributed by atoms with Crippen LogP contribution in [0, 0.1) is 0 Å². The van der Waals surface area contributed by atoms with Gasteiger partial charge < -0.3 is 14.8 Å². The molecule has 0 amide bonds. The van der Waals surface area contributed by atoms with E-state index in [1.165, 1.54) is 12.1 Å². The summed E-state index contributed by atoms with van der Waals surface area (Å²) >= 11 is 0. The van der Waals surface area contributed by atoms with Crippen LogP contribution >= 0.6 is 0 Å². The standard InChI is InChI=1S/C8H8BF3O3/c10-8(11,12)15-7-3-1-2-6(4-7)5-9(13)14/h1-4,13-14H,5H2. The molecule has 0 saturated heterocycles. The maximum atomic E-state index is 11.8. The van der Waals surface area contributed by atoms with Crippen LogP contribution in [0.1, 0.15) is 5.56 Å². The minimum Gasteiger partial charge on any atom is -0.427 e. The first-order valence-electron chi connectivity index (χ1n) is 4.07. The summed E-state index contributed by atoms with van der Waals surface area (Å²) in [7, 11) is -1.59. The van der Waals surface area contributed by atoms with Crippen molar-refractivity contribution in [3.63, 3.8) is 0 Å². The number of halogens is 3. The predicted octanol–water partition coefficient (Wildman–Crippen LogP) is 1.14. The highest BCUT2D eigenvalue weighted by atomic mass is 19.4. The molecule has 0 unspecified atom stereocenters. The predicted molar refractivity (Wildman–Crippen MR) is 47.0 cm³/mol. The van der Waals surface area contributed by atoms with Crippen molar-refractivity contribution in [1.82, 2.24) is 0 Å². The van der Waals surface area contributed by atoms with Gasteiger partial charge in [0.05, 0.1) is 0 Å². The van der Waals surface area contributed by atoms with E-state index in [9.17, 15) is 13.2 Å². The van der Waals surface area contributed by atoms with E-state index in [1.807, 2.05) is 0 Å². The van der Waals surface area contributed by atoms with E-state index < -0.39 is 13.5 Å². The van der Waals surface area contributed by atoms with E-state index in [-0.39, 0.29) is 12.1 Å². The molecule has 0 heterocycles. The van der Waals surface area contributed by atoms with Gasteiger partial charge in [0, 0.05) is 6.32 Å². The Balaban J connectivity index is 2.74. The van der Waals surface area contributed by atoms with E-state index in [0.717, 1.165) is 12.1 Å². The normalized spacial score (nSPS) is 11.3. The summed E-state index contributed by atoms with van der Waals surface area (Å²) in [5.41, 5.74) is 0.353. The van der Waals surface area contributed by atoms with Crippen molar-refractivity contribution in [2.24, 2.45) is 0 Å². The lowest BCUT2D eigenvalue weighted by Crippen LogP contribution is -2.18. The molecule has 7 heteroatoms. The molecular weight excluding hydrogens is 212 g/mol. The molecule has 82 valence electrons. The maximum Gasteiger partial charge on any atom is 0.573 e. The zero-order chi connectivity index (χ0) is 11.5. The summed E-state index contributed by atoms with van der Waals surface area (Å²) in [4.78, 5) is 0. The molecule has 0 bridgehead atoms. The third kappa shape index (κ3) is 4.71. The minimum absolute atomic E-state index is 0.144. The Morgan fingerprint density at radius 3 is 2.47 bits per heavy atom. The fourth-order valence-corrected chi connectivity index (χ4v) is 1.08. The lowest BCUT2D eigenvalue weighted by molar-refractivity contribution is -0.274. The van der Waals surface area contributed by atoms with E-state index in [4.69, 9.17) is 10.0 Å². The van der Waals surface area contributed by atoms with E-state index in [1.54, 1.807) is 0 Å². The lowest BCUT2D eigenvalue weighted by Gasteiger charge is -2.09. The van der Waals surface area contributed by atoms with Gasteiger partial charge in [-0.3, -0.25) is 0 Å². The Kier molecular flexibility index (Phi) is 3.59. The van der Waals surface area contributed by atoms with Crippen molar-refractivity contribution in [2.75, 3.05) is 0 Å². The molecule has 0 radical (unpaired) electrons. The van der Waals surface area contributed by atoms with Crippen LogP contribution in [0.3, 0.4) is 0 Å². The van der Waals surface area contributed by atoms with Crippen LogP contribution in [0.2, 0.25) is 0 Å². The second-order valence-electron chi connectivity index (χ2n) is 2.88. The molecule has 0 spiro atoms. The highest BCUT2D eigenvalue weighted by molar-refractivity contribution is 6.40. The number of hydrogen-bond acceptors (Lipinski definition) is 3. The van der Waals surface area contributed by atoms with Crippen molar-refractivity contribution in [3.05, 3.63) is 29.8 Å². The number of ether oxygens (including phenoxy) is 1. The summed E-state index contributed by atoms with van der Waals surface area (Å²) < 4.78 is 39.1. The van der Waals surface area contributed by atoms with E-state index in [0.29, 0.717) is 5.56 Å². The largest absolute Gasteiger partial charge is 0.573 e. The zero-order valence-electron chi connectivity index (χ0n) is 7.53. The highest BCUT2D eigenvalue weighted by Crippen LogP contribution is 2.23. The van der Waals surface area contributed by atoms with Crippen LogP contribution in [0.15, 0.2) is 24.3 Å². The van der Waals surface area contributed by atoms with Gasteiger partial charge in [0.15, 0.2) is 0 Å². The highest BCUT2D eigenvalue weighted by Gasteiger charge is 2.31. The molecule has 0 aliphatic heterocycles. The van der Waals surface area contributed by atoms with Gasteiger partial charge in [-0.25, -0.2) is 0 Å². The van der Waals surface area contributed by atoms with Crippen molar-refractivity contribution >= 4 is 7.12 Å². The van der Waals surface area contributed by atoms with Crippen LogP contribution in [-0.2, 0) is 6.32 Å². The Labute approximate surface area is 84.3 Å². The van der Waals surface area contributed by atoms with Gasteiger partial charge in [0.2, 0.25) is 0 Å². The number of rotatable bonds is 3. The Bertz CT molecular complexity index is 327. The van der Waals surface area contributed by atoms with Gasteiger partial charge in [-0.2, -0.15) is 0 Å². The van der Waals surface area contributed by atoms with Crippen LogP contribution in [0.25, 0.3) is 0 Å². The SMILES string of the molecule is OB(O)Cc1cccc(OC(F)(F)F)c1. The summed E-state index contributed by atoms with van der Waals surface area (Å²) in [5.74, 6) is -0.374. The molecule has 3 nitrogen and oxygen atoms in total. The third-order valence-electron chi connectivity index (χ3n) is 1.55. The first-order chi connectivity index (χ1) is 6.87. The van der Waals surface area contributed by atoms with Crippen molar-refractivity contribution in [3.8, 4) is 5.75 Å². The van der Waals surface area contributed by atoms with Crippen LogP contribution in [0.4, 0.5) is 13.2 Å². The molecule has 1 aromatic carbocycles.